The lowest BCUT2D eigenvalue weighted by Crippen LogP contribution is -2.30. The lowest BCUT2D eigenvalue weighted by Gasteiger charge is -2.18. The lowest BCUT2D eigenvalue weighted by molar-refractivity contribution is -0.166. The molecule has 0 N–H and O–H groups in total. The molecule has 0 aliphatic heterocycles. The van der Waals surface area contributed by atoms with Gasteiger partial charge >= 0.3 is 17.9 Å². The van der Waals surface area contributed by atoms with Gasteiger partial charge in [0.25, 0.3) is 0 Å². The predicted molar refractivity (Wildman–Crippen MR) is 343 cm³/mol. The molecule has 6 heteroatoms. The van der Waals surface area contributed by atoms with E-state index in [-0.39, 0.29) is 37.5 Å². The van der Waals surface area contributed by atoms with Gasteiger partial charge in [-0.15, -0.1) is 0 Å². The summed E-state index contributed by atoms with van der Waals surface area (Å²) in [6, 6.07) is 0. The molecular weight excluding hydrogens is 973 g/mol. The third-order valence-corrected chi connectivity index (χ3v) is 13.9. The molecule has 0 aromatic carbocycles. The molecule has 0 bridgehead atoms. The van der Waals surface area contributed by atoms with Crippen molar-refractivity contribution in [3.63, 3.8) is 0 Å². The van der Waals surface area contributed by atoms with Gasteiger partial charge in [0.1, 0.15) is 13.2 Å². The van der Waals surface area contributed by atoms with E-state index in [1.165, 1.54) is 161 Å². The van der Waals surface area contributed by atoms with Gasteiger partial charge in [-0.3, -0.25) is 14.4 Å². The van der Waals surface area contributed by atoms with Crippen LogP contribution in [-0.2, 0) is 28.6 Å². The van der Waals surface area contributed by atoms with Gasteiger partial charge < -0.3 is 14.2 Å². The minimum absolute atomic E-state index is 0.102. The summed E-state index contributed by atoms with van der Waals surface area (Å²) < 4.78 is 16.9. The first-order valence-electron chi connectivity index (χ1n) is 33.0. The molecule has 1 atom stereocenters. The molecule has 0 saturated carbocycles. The van der Waals surface area contributed by atoms with E-state index in [0.717, 1.165) is 96.3 Å². The van der Waals surface area contributed by atoms with Crippen LogP contribution in [0.3, 0.4) is 0 Å². The van der Waals surface area contributed by atoms with Crippen molar-refractivity contribution in [1.82, 2.24) is 0 Å². The van der Waals surface area contributed by atoms with Crippen LogP contribution in [-0.4, -0.2) is 37.2 Å². The zero-order chi connectivity index (χ0) is 57.1. The van der Waals surface area contributed by atoms with Gasteiger partial charge in [0.2, 0.25) is 0 Å². The second kappa shape index (κ2) is 66.3. The third-order valence-electron chi connectivity index (χ3n) is 13.9. The molecule has 450 valence electrons. The lowest BCUT2D eigenvalue weighted by atomic mass is 10.0. The van der Waals surface area contributed by atoms with Gasteiger partial charge in [-0.25, -0.2) is 0 Å². The first-order valence-corrected chi connectivity index (χ1v) is 33.0. The third kappa shape index (κ3) is 64.5. The molecule has 79 heavy (non-hydrogen) atoms. The number of allylic oxidation sites excluding steroid dienone is 20. The van der Waals surface area contributed by atoms with Crippen LogP contribution < -0.4 is 0 Å². The van der Waals surface area contributed by atoms with E-state index in [4.69, 9.17) is 14.2 Å². The van der Waals surface area contributed by atoms with Crippen LogP contribution in [0.25, 0.3) is 0 Å². The molecule has 0 spiro atoms. The largest absolute Gasteiger partial charge is 0.462 e. The summed E-state index contributed by atoms with van der Waals surface area (Å²) in [7, 11) is 0. The minimum atomic E-state index is -0.811. The zero-order valence-electron chi connectivity index (χ0n) is 51.6. The van der Waals surface area contributed by atoms with Crippen LogP contribution in [0.4, 0.5) is 0 Å². The molecule has 0 saturated heterocycles. The maximum Gasteiger partial charge on any atom is 0.306 e. The average Bonchev–Trinajstić information content (AvgIpc) is 3.45. The summed E-state index contributed by atoms with van der Waals surface area (Å²) in [5, 5.41) is 0. The van der Waals surface area contributed by atoms with E-state index < -0.39 is 6.10 Å². The van der Waals surface area contributed by atoms with Crippen LogP contribution in [0.15, 0.2) is 122 Å². The summed E-state index contributed by atoms with van der Waals surface area (Å²) in [5.74, 6) is -0.983. The van der Waals surface area contributed by atoms with E-state index in [9.17, 15) is 14.4 Å². The molecule has 0 aromatic heterocycles. The summed E-state index contributed by atoms with van der Waals surface area (Å²) >= 11 is 0. The van der Waals surface area contributed by atoms with Crippen molar-refractivity contribution < 1.29 is 28.6 Å². The molecule has 0 rings (SSSR count). The van der Waals surface area contributed by atoms with E-state index in [2.05, 4.69) is 136 Å². The smallest absolute Gasteiger partial charge is 0.306 e. The summed E-state index contributed by atoms with van der Waals surface area (Å²) in [6.45, 7) is 6.36. The first kappa shape index (κ1) is 74.8. The summed E-state index contributed by atoms with van der Waals surface area (Å²) in [6.07, 6.45) is 92.3. The molecule has 0 aliphatic rings. The van der Waals surface area contributed by atoms with E-state index >= 15 is 0 Å². The Morgan fingerprint density at radius 3 is 0.861 bits per heavy atom. The van der Waals surface area contributed by atoms with Gasteiger partial charge in [-0.1, -0.05) is 290 Å². The number of carbonyl (C=O) groups excluding carboxylic acids is 3. The fourth-order valence-electron chi connectivity index (χ4n) is 9.07. The van der Waals surface area contributed by atoms with Crippen LogP contribution in [0.1, 0.15) is 303 Å². The van der Waals surface area contributed by atoms with Crippen molar-refractivity contribution in [2.75, 3.05) is 13.2 Å². The average molecular weight is 1100 g/mol. The summed E-state index contributed by atoms with van der Waals surface area (Å²) in [4.78, 5) is 38.3. The first-order chi connectivity index (χ1) is 39.0. The Hall–Kier alpha value is -4.19. The Bertz CT molecular complexity index is 1640. The number of hydrogen-bond acceptors (Lipinski definition) is 6. The predicted octanol–water partition coefficient (Wildman–Crippen LogP) is 22.8. The molecule has 0 aromatic rings. The number of unbranched alkanes of at least 4 members (excludes halogenated alkanes) is 28. The van der Waals surface area contributed by atoms with E-state index in [0.29, 0.717) is 19.3 Å². The van der Waals surface area contributed by atoms with E-state index in [1.54, 1.807) is 0 Å². The Labute approximate surface area is 488 Å². The molecule has 0 amide bonds. The maximum atomic E-state index is 12.9. The van der Waals surface area contributed by atoms with Crippen molar-refractivity contribution in [2.45, 2.75) is 309 Å². The van der Waals surface area contributed by atoms with Crippen LogP contribution in [0.5, 0.6) is 0 Å². The standard InChI is InChI=1S/C73H122O6/c1-4-7-10-13-16-19-22-25-27-29-31-32-33-34-35-36-37-38-39-40-42-43-45-48-51-54-57-60-63-66-72(75)78-69-70(68-77-71(74)65-62-59-56-53-50-47-24-21-18-15-12-9-6-3)79-73(76)67-64-61-58-55-52-49-46-44-41-30-28-26-23-20-17-14-11-8-5-2/h7,9-10,12,16,18-19,21,25-28,31-32,34-35,47,50,56,59,70H,4-6,8,11,13-15,17,20,22-24,29-30,33,36-46,48-49,51-55,57-58,60-69H2,1-3H3/b10-7-,12-9-,19-16-,21-18-,27-25-,28-26-,32-31-,35-34-,50-47-,59-56-. The summed E-state index contributed by atoms with van der Waals surface area (Å²) in [5.41, 5.74) is 0. The monoisotopic (exact) mass is 1090 g/mol. The van der Waals surface area contributed by atoms with Crippen molar-refractivity contribution in [1.29, 1.82) is 0 Å². The SMILES string of the molecule is CC/C=C\C/C=C\C/C=C\C/C=C\C/C=C\CCCCCCCCCCCCCCCC(=O)OCC(COC(=O)CC/C=C\C/C=C\C/C=C\C/C=C\CC)OC(=O)CCCCCCCCCCC/C=C\CCCCCCCC. The van der Waals surface area contributed by atoms with Gasteiger partial charge in [0, 0.05) is 19.3 Å². The number of rotatable bonds is 59. The fourth-order valence-corrected chi connectivity index (χ4v) is 9.07. The van der Waals surface area contributed by atoms with Crippen LogP contribution in [0, 0.1) is 0 Å². The highest BCUT2D eigenvalue weighted by molar-refractivity contribution is 5.71. The van der Waals surface area contributed by atoms with E-state index in [1.807, 2.05) is 6.08 Å². The van der Waals surface area contributed by atoms with Gasteiger partial charge in [-0.2, -0.15) is 0 Å². The highest BCUT2D eigenvalue weighted by Crippen LogP contribution is 2.16. The van der Waals surface area contributed by atoms with Crippen LogP contribution >= 0.6 is 0 Å². The van der Waals surface area contributed by atoms with Crippen molar-refractivity contribution in [3.8, 4) is 0 Å². The maximum absolute atomic E-state index is 12.9. The van der Waals surface area contributed by atoms with Gasteiger partial charge in [0.15, 0.2) is 6.10 Å². The van der Waals surface area contributed by atoms with Crippen LogP contribution in [0.2, 0.25) is 0 Å². The van der Waals surface area contributed by atoms with Crippen molar-refractivity contribution in [2.24, 2.45) is 0 Å². The Balaban J connectivity index is 4.31. The quantitative estimate of drug-likeness (QED) is 0.0261. The highest BCUT2D eigenvalue weighted by atomic mass is 16.6. The van der Waals surface area contributed by atoms with Crippen molar-refractivity contribution in [3.05, 3.63) is 122 Å². The zero-order valence-corrected chi connectivity index (χ0v) is 51.6. The van der Waals surface area contributed by atoms with Crippen molar-refractivity contribution >= 4 is 17.9 Å². The fraction of sp³-hybridized carbons (Fsp3) is 0.685. The number of hydrogen-bond donors (Lipinski definition) is 0. The minimum Gasteiger partial charge on any atom is -0.462 e. The Kier molecular flexibility index (Phi) is 62.8. The topological polar surface area (TPSA) is 78.9 Å². The number of esters is 3. The second-order valence-corrected chi connectivity index (χ2v) is 21.6. The molecule has 0 fully saturated rings. The Morgan fingerprint density at radius 1 is 0.266 bits per heavy atom. The normalized spacial score (nSPS) is 12.9. The Morgan fingerprint density at radius 2 is 0.519 bits per heavy atom. The molecular formula is C73H122O6. The number of ether oxygens (including phenoxy) is 3. The molecule has 0 aliphatic carbocycles. The molecule has 0 radical (unpaired) electrons. The molecule has 0 heterocycles. The van der Waals surface area contributed by atoms with Gasteiger partial charge in [-0.05, 0) is 116 Å². The van der Waals surface area contributed by atoms with Gasteiger partial charge in [0.05, 0.1) is 0 Å². The second-order valence-electron chi connectivity index (χ2n) is 21.6. The highest BCUT2D eigenvalue weighted by Gasteiger charge is 2.19. The molecule has 1 unspecified atom stereocenters. The molecule has 6 nitrogen and oxygen atoms in total. The number of carbonyl (C=O) groups is 3.